The van der Waals surface area contributed by atoms with Crippen molar-refractivity contribution in [2.75, 3.05) is 0 Å². The van der Waals surface area contributed by atoms with Crippen molar-refractivity contribution in [2.45, 2.75) is 78.6 Å². The van der Waals surface area contributed by atoms with Crippen LogP contribution in [-0.4, -0.2) is 0 Å². The zero-order chi connectivity index (χ0) is 40.9. The fourth-order valence-electron chi connectivity index (χ4n) is 9.07. The molecule has 1 fully saturated rings. The molecule has 302 valence electrons. The maximum atomic E-state index is 14.6. The fourth-order valence-corrected chi connectivity index (χ4v) is 12.0. The molecule has 1 unspecified atom stereocenters. The van der Waals surface area contributed by atoms with Gasteiger partial charge in [-0.1, -0.05) is 117 Å². The molecular weight excluding hydrogens is 778 g/mol. The topological polar surface area (TPSA) is 89.5 Å². The third kappa shape index (κ3) is 7.65. The van der Waals surface area contributed by atoms with E-state index in [2.05, 4.69) is 31.2 Å². The second-order valence-corrected chi connectivity index (χ2v) is 19.3. The molecule has 6 aromatic carbocycles. The number of aryl methyl sites for hydroxylation is 4. The van der Waals surface area contributed by atoms with E-state index in [1.807, 2.05) is 125 Å². The minimum atomic E-state index is -4.19. The highest BCUT2D eigenvalue weighted by atomic mass is 31.2. The Morgan fingerprint density at radius 3 is 1.17 bits per heavy atom. The zero-order valence-corrected chi connectivity index (χ0v) is 35.8. The summed E-state index contributed by atoms with van der Waals surface area (Å²) < 4.78 is 66.5. The molecule has 0 amide bonds. The van der Waals surface area contributed by atoms with Crippen LogP contribution in [0.4, 0.5) is 0 Å². The number of rotatable bonds is 6. The normalized spacial score (nSPS) is 18.4. The molecule has 0 bridgehead atoms. The number of para-hydroxylation sites is 4. The van der Waals surface area contributed by atoms with E-state index < -0.39 is 15.6 Å². The molecule has 1 saturated carbocycles. The molecule has 9 rings (SSSR count). The zero-order valence-electron chi connectivity index (χ0n) is 34.0. The van der Waals surface area contributed by atoms with Crippen LogP contribution in [-0.2, 0) is 27.4 Å². The molecular formula is C49H48O8P2. The Morgan fingerprint density at radius 1 is 0.508 bits per heavy atom. The van der Waals surface area contributed by atoms with Gasteiger partial charge in [-0.3, -0.25) is 0 Å². The first-order chi connectivity index (χ1) is 28.4. The van der Waals surface area contributed by atoms with Crippen molar-refractivity contribution in [2.24, 2.45) is 5.92 Å². The van der Waals surface area contributed by atoms with Crippen LogP contribution in [0.5, 0.6) is 34.5 Å². The lowest BCUT2D eigenvalue weighted by molar-refractivity contribution is 0.272. The SMILES string of the molecule is Cc1cccc2c1OP(=O)(Oc1ccc(C3(c4ccc(OP5(=O)Oc6c(C)cccc6Cc6cccc(C)c6O5)cc4)CCCC(C)C3)cc1)Oc1c(C)cccc1C2. The van der Waals surface area contributed by atoms with Gasteiger partial charge in [-0.25, -0.2) is 0 Å². The monoisotopic (exact) mass is 826 g/mol. The maximum absolute atomic E-state index is 14.6. The van der Waals surface area contributed by atoms with Crippen LogP contribution in [0, 0.1) is 33.6 Å². The first-order valence-electron chi connectivity index (χ1n) is 20.3. The fraction of sp³-hybridized carbons (Fsp3) is 0.265. The lowest BCUT2D eigenvalue weighted by Gasteiger charge is -2.41. The average molecular weight is 827 g/mol. The van der Waals surface area contributed by atoms with Gasteiger partial charge in [0.25, 0.3) is 0 Å². The van der Waals surface area contributed by atoms with E-state index in [9.17, 15) is 9.13 Å². The first kappa shape index (κ1) is 39.1. The Morgan fingerprint density at radius 2 is 0.847 bits per heavy atom. The van der Waals surface area contributed by atoms with Gasteiger partial charge in [0.05, 0.1) is 0 Å². The second kappa shape index (κ2) is 15.3. The van der Waals surface area contributed by atoms with Gasteiger partial charge < -0.3 is 27.1 Å². The molecule has 2 aliphatic heterocycles. The summed E-state index contributed by atoms with van der Waals surface area (Å²) in [5, 5.41) is 0. The van der Waals surface area contributed by atoms with Gasteiger partial charge in [0.2, 0.25) is 0 Å². The highest BCUT2D eigenvalue weighted by Crippen LogP contribution is 2.57. The van der Waals surface area contributed by atoms with Gasteiger partial charge in [-0.2, -0.15) is 9.13 Å². The predicted octanol–water partition coefficient (Wildman–Crippen LogP) is 13.5. The standard InChI is InChI=1S/C49H48O8P2/c1-32-11-10-28-49(31-32,41-20-24-43(25-21-41)52-58(50)54-45-33(2)12-6-16-37(45)29-38-17-7-13-34(3)46(38)55-58)42-22-26-44(27-23-42)53-59(51)56-47-35(4)14-8-18-39(47)30-40-19-9-15-36(5)48(40)57-59/h6-9,12-27,32H,10-11,28-31H2,1-5H3. The third-order valence-corrected chi connectivity index (χ3v) is 14.5. The van der Waals surface area contributed by atoms with Crippen LogP contribution in [0.1, 0.15) is 88.2 Å². The van der Waals surface area contributed by atoms with Crippen LogP contribution in [0.15, 0.2) is 121 Å². The quantitative estimate of drug-likeness (QED) is 0.153. The molecule has 0 saturated heterocycles. The minimum absolute atomic E-state index is 0.317. The lowest BCUT2D eigenvalue weighted by Crippen LogP contribution is -2.33. The van der Waals surface area contributed by atoms with E-state index in [0.29, 0.717) is 53.3 Å². The van der Waals surface area contributed by atoms with Gasteiger partial charge in [0, 0.05) is 18.3 Å². The number of hydrogen-bond donors (Lipinski definition) is 0. The van der Waals surface area contributed by atoms with Crippen molar-refractivity contribution in [3.63, 3.8) is 0 Å². The van der Waals surface area contributed by atoms with Gasteiger partial charge in [-0.15, -0.1) is 0 Å². The number of fused-ring (bicyclic) bond motifs is 4. The highest BCUT2D eigenvalue weighted by Gasteiger charge is 2.41. The molecule has 0 spiro atoms. The third-order valence-electron chi connectivity index (χ3n) is 12.0. The first-order valence-corrected chi connectivity index (χ1v) is 23.2. The highest BCUT2D eigenvalue weighted by molar-refractivity contribution is 7.50. The van der Waals surface area contributed by atoms with Gasteiger partial charge in [-0.05, 0) is 126 Å². The summed E-state index contributed by atoms with van der Waals surface area (Å²) in [6, 6.07) is 39.2. The predicted molar refractivity (Wildman–Crippen MR) is 231 cm³/mol. The van der Waals surface area contributed by atoms with Crippen molar-refractivity contribution in [3.05, 3.63) is 177 Å². The Labute approximate surface area is 346 Å². The molecule has 0 aromatic heterocycles. The van der Waals surface area contributed by atoms with E-state index in [1.54, 1.807) is 0 Å². The number of phosphoric acid groups is 2. The summed E-state index contributed by atoms with van der Waals surface area (Å²) in [7, 11) is -8.38. The molecule has 8 nitrogen and oxygen atoms in total. The van der Waals surface area contributed by atoms with Crippen LogP contribution >= 0.6 is 15.6 Å². The molecule has 2 heterocycles. The molecule has 10 heteroatoms. The molecule has 3 aliphatic rings. The van der Waals surface area contributed by atoms with E-state index >= 15 is 0 Å². The summed E-state index contributed by atoms with van der Waals surface area (Å²) in [4.78, 5) is 0. The molecule has 6 aromatic rings. The van der Waals surface area contributed by atoms with E-state index in [-0.39, 0.29) is 5.41 Å². The van der Waals surface area contributed by atoms with Crippen LogP contribution in [0.2, 0.25) is 0 Å². The molecule has 0 radical (unpaired) electrons. The Hall–Kier alpha value is -5.42. The Balaban J connectivity index is 1.01. The average Bonchev–Trinajstić information content (AvgIpc) is 3.19. The van der Waals surface area contributed by atoms with Gasteiger partial charge >= 0.3 is 15.6 Å². The summed E-state index contributed by atoms with van der Waals surface area (Å²) in [5.41, 5.74) is 8.99. The summed E-state index contributed by atoms with van der Waals surface area (Å²) in [5.74, 6) is 3.29. The number of benzene rings is 6. The van der Waals surface area contributed by atoms with Crippen LogP contribution in [0.25, 0.3) is 0 Å². The molecule has 0 N–H and O–H groups in total. The molecule has 59 heavy (non-hydrogen) atoms. The smallest absolute Gasteiger partial charge is 0.386 e. The van der Waals surface area contributed by atoms with E-state index in [4.69, 9.17) is 27.1 Å². The minimum Gasteiger partial charge on any atom is -0.386 e. The van der Waals surface area contributed by atoms with Crippen molar-refractivity contribution >= 4 is 15.6 Å². The van der Waals surface area contributed by atoms with Crippen LogP contribution < -0.4 is 27.1 Å². The Bertz CT molecular complexity index is 2370. The molecule has 1 aliphatic carbocycles. The van der Waals surface area contributed by atoms with Crippen molar-refractivity contribution < 1.29 is 36.3 Å². The number of phosphoric ester groups is 2. The van der Waals surface area contributed by atoms with Crippen LogP contribution in [0.3, 0.4) is 0 Å². The largest absolute Gasteiger partial charge is 0.647 e. The summed E-state index contributed by atoms with van der Waals surface area (Å²) >= 11 is 0. The molecule has 1 atom stereocenters. The van der Waals surface area contributed by atoms with Gasteiger partial charge in [0.15, 0.2) is 0 Å². The summed E-state index contributed by atoms with van der Waals surface area (Å²) in [6.07, 6.45) is 5.23. The van der Waals surface area contributed by atoms with E-state index in [1.165, 1.54) is 0 Å². The maximum Gasteiger partial charge on any atom is 0.647 e. The van der Waals surface area contributed by atoms with Crippen molar-refractivity contribution in [1.29, 1.82) is 0 Å². The Kier molecular flexibility index (Phi) is 10.1. The van der Waals surface area contributed by atoms with Crippen molar-refractivity contribution in [3.8, 4) is 34.5 Å². The summed E-state index contributed by atoms with van der Waals surface area (Å²) in [6.45, 7) is 10.0. The van der Waals surface area contributed by atoms with Crippen molar-refractivity contribution in [1.82, 2.24) is 0 Å². The lowest BCUT2D eigenvalue weighted by atomic mass is 9.62. The van der Waals surface area contributed by atoms with E-state index in [0.717, 1.165) is 81.3 Å². The van der Waals surface area contributed by atoms with Gasteiger partial charge in [0.1, 0.15) is 34.5 Å². The number of hydrogen-bond acceptors (Lipinski definition) is 8. The second-order valence-electron chi connectivity index (χ2n) is 16.4.